The van der Waals surface area contributed by atoms with Crippen molar-refractivity contribution in [2.24, 2.45) is 4.99 Å². The molecule has 3 aromatic carbocycles. The van der Waals surface area contributed by atoms with E-state index in [1.807, 2.05) is 12.1 Å². The molecule has 0 fully saturated rings. The van der Waals surface area contributed by atoms with E-state index >= 15 is 0 Å². The van der Waals surface area contributed by atoms with Crippen LogP contribution in [0.3, 0.4) is 0 Å². The molecule has 0 N–H and O–H groups in total. The predicted octanol–water partition coefficient (Wildman–Crippen LogP) is 7.27. The molecule has 0 saturated carbocycles. The summed E-state index contributed by atoms with van der Waals surface area (Å²) >= 11 is 16.3. The summed E-state index contributed by atoms with van der Waals surface area (Å²) < 4.78 is 26.6. The van der Waals surface area contributed by atoms with Crippen LogP contribution in [-0.2, 0) is 16.1 Å². The smallest absolute Gasteiger partial charge is 0.363 e. The minimum Gasteiger partial charge on any atom is -0.487 e. The Morgan fingerprint density at radius 3 is 2.44 bits per heavy atom. The SMILES string of the molecule is O=C1OC(c2ccc(Cl)c(Cl)c2)=N/C1=C\c1cc(I)c(OCc2ccccc2F)c(I)c1. The second-order valence-corrected chi connectivity index (χ2v) is 9.80. The van der Waals surface area contributed by atoms with Crippen molar-refractivity contribution >= 4 is 86.3 Å². The number of cyclic esters (lactones) is 1. The van der Waals surface area contributed by atoms with Crippen LogP contribution in [0.1, 0.15) is 16.7 Å². The minimum absolute atomic E-state index is 0.114. The highest BCUT2D eigenvalue weighted by Crippen LogP contribution is 2.32. The zero-order valence-corrected chi connectivity index (χ0v) is 21.9. The number of ether oxygens (including phenoxy) is 2. The van der Waals surface area contributed by atoms with Crippen molar-refractivity contribution in [2.45, 2.75) is 6.61 Å². The molecule has 4 nitrogen and oxygen atoms in total. The van der Waals surface area contributed by atoms with Crippen molar-refractivity contribution in [3.8, 4) is 5.75 Å². The Labute approximate surface area is 220 Å². The van der Waals surface area contributed by atoms with E-state index in [2.05, 4.69) is 50.2 Å². The van der Waals surface area contributed by atoms with Crippen molar-refractivity contribution in [3.63, 3.8) is 0 Å². The lowest BCUT2D eigenvalue weighted by Crippen LogP contribution is -2.05. The standard InChI is InChI=1S/C23H12Cl2FI2NO3/c24-15-6-5-13(10-16(15)25)22-29-20(23(30)32-22)9-12-7-18(27)21(19(28)8-12)31-11-14-3-1-2-4-17(14)26/h1-10H,11H2/b20-9-. The summed E-state index contributed by atoms with van der Waals surface area (Å²) in [5.41, 5.74) is 1.95. The molecule has 0 saturated heterocycles. The summed E-state index contributed by atoms with van der Waals surface area (Å²) in [4.78, 5) is 16.6. The summed E-state index contributed by atoms with van der Waals surface area (Å²) in [6.45, 7) is 0.114. The van der Waals surface area contributed by atoms with Gasteiger partial charge in [0.15, 0.2) is 5.70 Å². The van der Waals surface area contributed by atoms with Crippen LogP contribution in [0.25, 0.3) is 6.08 Å². The van der Waals surface area contributed by atoms with Crippen molar-refractivity contribution in [2.75, 3.05) is 0 Å². The van der Waals surface area contributed by atoms with Gasteiger partial charge in [-0.15, -0.1) is 0 Å². The Balaban J connectivity index is 1.57. The van der Waals surface area contributed by atoms with E-state index in [4.69, 9.17) is 32.7 Å². The van der Waals surface area contributed by atoms with Crippen molar-refractivity contribution < 1.29 is 18.7 Å². The molecule has 1 aliphatic heterocycles. The van der Waals surface area contributed by atoms with Gasteiger partial charge in [0.25, 0.3) is 0 Å². The maximum Gasteiger partial charge on any atom is 0.363 e. The minimum atomic E-state index is -0.559. The fourth-order valence-corrected chi connectivity index (χ4v) is 5.31. The second-order valence-electron chi connectivity index (χ2n) is 6.66. The average Bonchev–Trinajstić information content (AvgIpc) is 3.11. The van der Waals surface area contributed by atoms with Gasteiger partial charge in [-0.25, -0.2) is 14.2 Å². The lowest BCUT2D eigenvalue weighted by Gasteiger charge is -2.12. The van der Waals surface area contributed by atoms with Crippen LogP contribution >= 0.6 is 68.4 Å². The Bertz CT molecular complexity index is 1270. The highest BCUT2D eigenvalue weighted by molar-refractivity contribution is 14.1. The van der Waals surface area contributed by atoms with Crippen LogP contribution in [0.2, 0.25) is 10.0 Å². The van der Waals surface area contributed by atoms with Crippen LogP contribution in [0.15, 0.2) is 65.3 Å². The maximum atomic E-state index is 13.9. The van der Waals surface area contributed by atoms with Crippen LogP contribution in [-0.4, -0.2) is 11.9 Å². The largest absolute Gasteiger partial charge is 0.487 e. The fourth-order valence-electron chi connectivity index (χ4n) is 2.89. The third kappa shape index (κ3) is 5.27. The van der Waals surface area contributed by atoms with Crippen LogP contribution < -0.4 is 4.74 Å². The van der Waals surface area contributed by atoms with Gasteiger partial charge in [0.05, 0.1) is 17.2 Å². The van der Waals surface area contributed by atoms with E-state index in [-0.39, 0.29) is 24.0 Å². The summed E-state index contributed by atoms with van der Waals surface area (Å²) in [6, 6.07) is 15.1. The zero-order valence-electron chi connectivity index (χ0n) is 16.0. The molecule has 9 heteroatoms. The van der Waals surface area contributed by atoms with Gasteiger partial charge in [-0.2, -0.15) is 0 Å². The van der Waals surface area contributed by atoms with Crippen molar-refractivity contribution in [1.82, 2.24) is 0 Å². The van der Waals surface area contributed by atoms with Gasteiger partial charge in [0, 0.05) is 11.1 Å². The summed E-state index contributed by atoms with van der Waals surface area (Å²) in [6.07, 6.45) is 1.64. The van der Waals surface area contributed by atoms with E-state index in [0.717, 1.165) is 12.7 Å². The van der Waals surface area contributed by atoms with Crippen LogP contribution in [0.4, 0.5) is 4.39 Å². The lowest BCUT2D eigenvalue weighted by atomic mass is 10.2. The molecule has 1 heterocycles. The normalized spacial score (nSPS) is 14.5. The van der Waals surface area contributed by atoms with E-state index in [1.54, 1.807) is 42.5 Å². The predicted molar refractivity (Wildman–Crippen MR) is 140 cm³/mol. The Morgan fingerprint density at radius 2 is 1.75 bits per heavy atom. The van der Waals surface area contributed by atoms with Crippen molar-refractivity contribution in [3.05, 3.63) is 100.0 Å². The second kappa shape index (κ2) is 10.1. The first-order chi connectivity index (χ1) is 15.3. The molecule has 32 heavy (non-hydrogen) atoms. The van der Waals surface area contributed by atoms with E-state index < -0.39 is 5.97 Å². The van der Waals surface area contributed by atoms with E-state index in [1.165, 1.54) is 6.07 Å². The number of esters is 1. The molecule has 162 valence electrons. The maximum absolute atomic E-state index is 13.9. The average molecular weight is 694 g/mol. The third-order valence-electron chi connectivity index (χ3n) is 4.44. The fraction of sp³-hybridized carbons (Fsp3) is 0.0435. The molecule has 0 aliphatic carbocycles. The Kier molecular flexibility index (Phi) is 7.38. The lowest BCUT2D eigenvalue weighted by molar-refractivity contribution is -0.129. The van der Waals surface area contributed by atoms with Crippen LogP contribution in [0.5, 0.6) is 5.75 Å². The quantitative estimate of drug-likeness (QED) is 0.161. The van der Waals surface area contributed by atoms with Gasteiger partial charge >= 0.3 is 5.97 Å². The van der Waals surface area contributed by atoms with Gasteiger partial charge in [-0.05, 0) is 93.2 Å². The molecule has 0 amide bonds. The first-order valence-corrected chi connectivity index (χ1v) is 12.1. The first-order valence-electron chi connectivity index (χ1n) is 9.15. The molecule has 0 radical (unpaired) electrons. The number of nitrogens with zero attached hydrogens (tertiary/aromatic N) is 1. The Morgan fingerprint density at radius 1 is 1.03 bits per heavy atom. The molecule has 0 spiro atoms. The number of carbonyl (C=O) groups is 1. The van der Waals surface area contributed by atoms with E-state index in [9.17, 15) is 9.18 Å². The molecule has 4 rings (SSSR count). The number of hydrogen-bond acceptors (Lipinski definition) is 4. The van der Waals surface area contributed by atoms with Gasteiger partial charge in [-0.3, -0.25) is 0 Å². The number of aliphatic imine (C=N–C) groups is 1. The summed E-state index contributed by atoms with van der Waals surface area (Å²) in [7, 11) is 0. The topological polar surface area (TPSA) is 47.9 Å². The monoisotopic (exact) mass is 693 g/mol. The number of carbonyl (C=O) groups excluding carboxylic acids is 1. The first kappa shape index (κ1) is 23.5. The molecule has 1 aliphatic rings. The molecule has 0 bridgehead atoms. The number of benzene rings is 3. The molecule has 0 unspecified atom stereocenters. The number of hydrogen-bond donors (Lipinski definition) is 0. The highest BCUT2D eigenvalue weighted by Gasteiger charge is 2.25. The number of rotatable bonds is 5. The van der Waals surface area contributed by atoms with Crippen molar-refractivity contribution in [1.29, 1.82) is 0 Å². The molecular weight excluding hydrogens is 682 g/mol. The molecule has 0 atom stereocenters. The van der Waals surface area contributed by atoms with Gasteiger partial charge in [0.1, 0.15) is 18.2 Å². The molecule has 0 aromatic heterocycles. The van der Waals surface area contributed by atoms with Gasteiger partial charge in [-0.1, -0.05) is 41.4 Å². The summed E-state index contributed by atoms with van der Waals surface area (Å²) in [5, 5.41) is 0.744. The third-order valence-corrected chi connectivity index (χ3v) is 6.78. The highest BCUT2D eigenvalue weighted by atomic mass is 127. The van der Waals surface area contributed by atoms with Gasteiger partial charge in [0.2, 0.25) is 5.90 Å². The number of halogens is 5. The molecule has 3 aromatic rings. The summed E-state index contributed by atoms with van der Waals surface area (Å²) in [5.74, 6) is -0.0649. The van der Waals surface area contributed by atoms with E-state index in [0.29, 0.717) is 26.9 Å². The van der Waals surface area contributed by atoms with Crippen LogP contribution in [0, 0.1) is 13.0 Å². The zero-order chi connectivity index (χ0) is 22.8. The van der Waals surface area contributed by atoms with Gasteiger partial charge < -0.3 is 9.47 Å². The Hall–Kier alpha value is -1.69. The molecular formula is C23H12Cl2FI2NO3.